The fourth-order valence-electron chi connectivity index (χ4n) is 6.98. The number of hydrogen-bond acceptors (Lipinski definition) is 10. The number of rotatable bonds is 6. The van der Waals surface area contributed by atoms with Gasteiger partial charge in [0.25, 0.3) is 20.2 Å². The Bertz CT molecular complexity index is 2920. The van der Waals surface area contributed by atoms with Gasteiger partial charge in [0.15, 0.2) is 0 Å². The number of pyridine rings is 2. The van der Waals surface area contributed by atoms with Crippen LogP contribution >= 0.6 is 0 Å². The Morgan fingerprint density at radius 2 is 0.943 bits per heavy atom. The highest BCUT2D eigenvalue weighted by molar-refractivity contribution is 7.86. The smallest absolute Gasteiger partial charge is 0.298 e. The van der Waals surface area contributed by atoms with E-state index in [0.717, 1.165) is 32.3 Å². The molecule has 1 aliphatic carbocycles. The molecule has 9 rings (SSSR count). The number of nitrogens with zero attached hydrogens (tertiary/aromatic N) is 2. The molecule has 6 aromatic carbocycles. The Labute approximate surface area is 301 Å². The highest BCUT2D eigenvalue weighted by Crippen LogP contribution is 2.46. The van der Waals surface area contributed by atoms with Crippen LogP contribution in [0.1, 0.15) is 11.1 Å². The second kappa shape index (κ2) is 11.6. The average molecular weight is 743 g/mol. The second-order valence-corrected chi connectivity index (χ2v) is 15.6. The number of nitrogens with two attached hydrogens (primary N) is 2. The maximum absolute atomic E-state index is 12.7. The molecule has 0 amide bonds. The van der Waals surface area contributed by atoms with Crippen molar-refractivity contribution in [3.8, 4) is 34.1 Å². The molecule has 8 aromatic rings. The van der Waals surface area contributed by atoms with E-state index in [-0.39, 0.29) is 29.4 Å². The summed E-state index contributed by atoms with van der Waals surface area (Å²) in [6, 6.07) is 26.7. The first kappa shape index (κ1) is 32.6. The molecule has 0 radical (unpaired) electrons. The first-order valence-electron chi connectivity index (χ1n) is 16.1. The lowest BCUT2D eigenvalue weighted by Crippen LogP contribution is -2.03. The molecule has 2 heterocycles. The summed E-state index contributed by atoms with van der Waals surface area (Å²) >= 11 is 0. The van der Waals surface area contributed by atoms with Crippen LogP contribution in [0.15, 0.2) is 119 Å². The molecule has 12 nitrogen and oxygen atoms in total. The van der Waals surface area contributed by atoms with Gasteiger partial charge in [-0.05, 0) is 112 Å². The molecular weight excluding hydrogens is 717 g/mol. The van der Waals surface area contributed by atoms with Crippen molar-refractivity contribution in [1.82, 2.24) is 9.97 Å². The van der Waals surface area contributed by atoms with Gasteiger partial charge in [-0.15, -0.1) is 0 Å². The lowest BCUT2D eigenvalue weighted by Gasteiger charge is -2.14. The molecular formula is C39H26N4O8S2. The minimum Gasteiger partial charge on any atom is -0.456 e. The minimum absolute atomic E-state index is 0.141. The number of benzene rings is 6. The first-order valence-corrected chi connectivity index (χ1v) is 19.0. The fraction of sp³-hybridized carbons (Fsp3) is 0.0256. The summed E-state index contributed by atoms with van der Waals surface area (Å²) in [5, 5.41) is 5.24. The van der Waals surface area contributed by atoms with Gasteiger partial charge >= 0.3 is 0 Å². The number of anilines is 2. The zero-order valence-corrected chi connectivity index (χ0v) is 28.9. The van der Waals surface area contributed by atoms with E-state index in [1.54, 1.807) is 60.9 Å². The Hall–Kier alpha value is -6.32. The zero-order chi connectivity index (χ0) is 36.8. The number of hydrogen-bond donors (Lipinski definition) is 4. The van der Waals surface area contributed by atoms with Gasteiger partial charge in [0, 0.05) is 57.4 Å². The molecule has 14 heteroatoms. The average Bonchev–Trinajstić information content (AvgIpc) is 3.45. The third-order valence-corrected chi connectivity index (χ3v) is 11.1. The predicted molar refractivity (Wildman–Crippen MR) is 202 cm³/mol. The summed E-state index contributed by atoms with van der Waals surface area (Å²) in [7, 11) is -9.66. The maximum atomic E-state index is 12.7. The van der Waals surface area contributed by atoms with E-state index in [9.17, 15) is 25.9 Å². The molecule has 0 unspecified atom stereocenters. The highest BCUT2D eigenvalue weighted by atomic mass is 32.2. The Morgan fingerprint density at radius 3 is 1.36 bits per heavy atom. The van der Waals surface area contributed by atoms with E-state index in [1.165, 1.54) is 24.3 Å². The van der Waals surface area contributed by atoms with Gasteiger partial charge in [-0.1, -0.05) is 12.1 Å². The highest BCUT2D eigenvalue weighted by Gasteiger charge is 2.30. The van der Waals surface area contributed by atoms with Crippen LogP contribution < -0.4 is 20.9 Å². The molecule has 2 aromatic heterocycles. The third-order valence-electron chi connectivity index (χ3n) is 9.38. The lowest BCUT2D eigenvalue weighted by atomic mass is 10.1. The van der Waals surface area contributed by atoms with Crippen LogP contribution in [-0.2, 0) is 26.7 Å². The van der Waals surface area contributed by atoms with Gasteiger partial charge in [0.1, 0.15) is 32.8 Å². The van der Waals surface area contributed by atoms with Crippen molar-refractivity contribution in [2.24, 2.45) is 0 Å². The number of ether oxygens (including phenoxy) is 2. The summed E-state index contributed by atoms with van der Waals surface area (Å²) in [4.78, 5) is 7.97. The number of aromatic nitrogens is 2. The molecule has 0 bridgehead atoms. The summed E-state index contributed by atoms with van der Waals surface area (Å²) in [5.41, 5.74) is 16.1. The van der Waals surface area contributed by atoms with Crippen LogP contribution in [0, 0.1) is 0 Å². The van der Waals surface area contributed by atoms with E-state index in [4.69, 9.17) is 20.9 Å². The van der Waals surface area contributed by atoms with Crippen LogP contribution in [0.25, 0.3) is 54.5 Å². The van der Waals surface area contributed by atoms with Crippen molar-refractivity contribution in [2.45, 2.75) is 16.2 Å². The molecule has 0 fully saturated rings. The molecule has 53 heavy (non-hydrogen) atoms. The molecule has 0 saturated carbocycles. The molecule has 262 valence electrons. The molecule has 6 N–H and O–H groups in total. The van der Waals surface area contributed by atoms with Gasteiger partial charge < -0.3 is 20.9 Å². The zero-order valence-electron chi connectivity index (χ0n) is 27.3. The summed E-state index contributed by atoms with van der Waals surface area (Å²) < 4.78 is 83.5. The number of fused-ring (bicyclic) bond motifs is 9. The number of nitrogen functional groups attached to an aromatic ring is 2. The second-order valence-electron chi connectivity index (χ2n) is 12.8. The minimum atomic E-state index is -4.83. The van der Waals surface area contributed by atoms with Crippen molar-refractivity contribution >= 4 is 75.0 Å². The van der Waals surface area contributed by atoms with Crippen LogP contribution in [0.2, 0.25) is 0 Å². The quantitative estimate of drug-likeness (QED) is 0.0729. The van der Waals surface area contributed by atoms with Crippen LogP contribution in [0.5, 0.6) is 23.0 Å². The summed E-state index contributed by atoms with van der Waals surface area (Å²) in [5.74, 6) is 0.257. The van der Waals surface area contributed by atoms with E-state index in [1.807, 2.05) is 24.3 Å². The first-order chi connectivity index (χ1) is 25.3. The maximum Gasteiger partial charge on any atom is 0.298 e. The molecule has 0 aliphatic heterocycles. The van der Waals surface area contributed by atoms with Crippen LogP contribution in [0.4, 0.5) is 11.4 Å². The van der Waals surface area contributed by atoms with E-state index >= 15 is 0 Å². The topological polar surface area (TPSA) is 205 Å². The molecule has 0 spiro atoms. The van der Waals surface area contributed by atoms with E-state index < -0.39 is 30.0 Å². The SMILES string of the molecule is Nc1ccc2c(cnc3cc(Oc4cc5c(cc4S(=O)(=O)O)-c4cc(S(=O)(=O)O)c(Oc6ccc7c(c6)ncc6cc(N)ccc67)cc4C5)ccc32)c1. The molecule has 0 atom stereocenters. The van der Waals surface area contributed by atoms with Gasteiger partial charge in [-0.25, -0.2) is 0 Å². The van der Waals surface area contributed by atoms with Crippen molar-refractivity contribution in [3.63, 3.8) is 0 Å². The van der Waals surface area contributed by atoms with Crippen LogP contribution in [0.3, 0.4) is 0 Å². The van der Waals surface area contributed by atoms with E-state index in [0.29, 0.717) is 44.7 Å². The molecule has 0 saturated heterocycles. The summed E-state index contributed by atoms with van der Waals surface area (Å²) in [6.45, 7) is 0. The van der Waals surface area contributed by atoms with Gasteiger partial charge in [0.2, 0.25) is 0 Å². The van der Waals surface area contributed by atoms with Crippen molar-refractivity contribution < 1.29 is 35.4 Å². The fourth-order valence-corrected chi connectivity index (χ4v) is 8.23. The van der Waals surface area contributed by atoms with Gasteiger partial charge in [-0.2, -0.15) is 16.8 Å². The lowest BCUT2D eigenvalue weighted by molar-refractivity contribution is 0.448. The predicted octanol–water partition coefficient (Wildman–Crippen LogP) is 7.90. The third kappa shape index (κ3) is 5.70. The van der Waals surface area contributed by atoms with Gasteiger partial charge in [-0.3, -0.25) is 19.1 Å². The normalized spacial score (nSPS) is 12.7. The monoisotopic (exact) mass is 742 g/mol. The van der Waals surface area contributed by atoms with Crippen molar-refractivity contribution in [3.05, 3.63) is 121 Å². The summed E-state index contributed by atoms with van der Waals surface area (Å²) in [6.07, 6.45) is 3.60. The van der Waals surface area contributed by atoms with E-state index in [2.05, 4.69) is 9.97 Å². The van der Waals surface area contributed by atoms with Crippen molar-refractivity contribution in [1.29, 1.82) is 0 Å². The van der Waals surface area contributed by atoms with Crippen molar-refractivity contribution in [2.75, 3.05) is 11.5 Å². The Kier molecular flexibility index (Phi) is 7.13. The standard InChI is InChI=1S/C39H26N4O8S2/c40-24-1-5-28-22(10-24)18-42-34-14-26(3-7-30(28)34)50-36-12-20-9-21-13-37(39(53(47,48)49)17-33(21)32(20)16-38(36)52(44,45)46)51-27-4-8-31-29-6-2-25(41)11-23(29)19-43-35(31)15-27/h1-8,10-19H,9,40-41H2,(H,44,45,46)(H,47,48,49). The van der Waals surface area contributed by atoms with Gasteiger partial charge in [0.05, 0.1) is 11.0 Å². The Balaban J connectivity index is 1.09. The Morgan fingerprint density at radius 1 is 0.528 bits per heavy atom. The largest absolute Gasteiger partial charge is 0.456 e. The van der Waals surface area contributed by atoms with Crippen LogP contribution in [-0.4, -0.2) is 35.9 Å². The molecule has 1 aliphatic rings.